The Kier molecular flexibility index (Phi) is 5.28. The van der Waals surface area contributed by atoms with Crippen LogP contribution in [0.4, 0.5) is 0 Å². The molecule has 0 saturated carbocycles. The number of nitrogens with zero attached hydrogens (tertiary/aromatic N) is 4. The van der Waals surface area contributed by atoms with Gasteiger partial charge in [-0.05, 0) is 47.5 Å². The minimum absolute atomic E-state index is 0.176. The first kappa shape index (κ1) is 18.7. The summed E-state index contributed by atoms with van der Waals surface area (Å²) in [7, 11) is 0. The van der Waals surface area contributed by atoms with Gasteiger partial charge < -0.3 is 4.57 Å². The van der Waals surface area contributed by atoms with Crippen LogP contribution in [0, 0.1) is 11.3 Å². The van der Waals surface area contributed by atoms with Gasteiger partial charge in [0, 0.05) is 43.3 Å². The van der Waals surface area contributed by atoms with Crippen molar-refractivity contribution in [2.75, 3.05) is 0 Å². The second-order valence-corrected chi connectivity index (χ2v) is 7.13. The normalized spacial score (nSPS) is 10.6. The number of pyridine rings is 2. The number of rotatable bonds is 5. The van der Waals surface area contributed by atoms with Gasteiger partial charge in [-0.15, -0.1) is 0 Å². The van der Waals surface area contributed by atoms with E-state index in [0.717, 1.165) is 17.5 Å². The molecule has 0 bridgehead atoms. The second kappa shape index (κ2) is 8.17. The monoisotopic (exact) mass is 400 g/mol. The second-order valence-electron chi connectivity index (χ2n) is 6.69. The number of aromatic nitrogens is 3. The van der Waals surface area contributed by atoms with Gasteiger partial charge in [-0.25, -0.2) is 4.98 Å². The van der Waals surface area contributed by atoms with Gasteiger partial charge >= 0.3 is 0 Å². The molecule has 0 aliphatic heterocycles. The highest BCUT2D eigenvalue weighted by atomic mass is 35.5. The van der Waals surface area contributed by atoms with Crippen LogP contribution in [-0.2, 0) is 13.0 Å². The van der Waals surface area contributed by atoms with E-state index in [1.165, 1.54) is 16.3 Å². The fourth-order valence-corrected chi connectivity index (χ4v) is 3.32. The summed E-state index contributed by atoms with van der Waals surface area (Å²) in [5.74, 6) is 0.534. The predicted molar refractivity (Wildman–Crippen MR) is 112 cm³/mol. The van der Waals surface area contributed by atoms with Gasteiger partial charge in [0.05, 0.1) is 16.7 Å². The van der Waals surface area contributed by atoms with Crippen molar-refractivity contribution in [1.29, 1.82) is 5.26 Å². The SMILES string of the molecule is N#Cc1ccc(Cc2cccn2Cc2ccc(-n3cc(Cl)ccc3=O)nc2)cc1. The Morgan fingerprint density at radius 3 is 2.52 bits per heavy atom. The van der Waals surface area contributed by atoms with E-state index in [2.05, 4.69) is 21.7 Å². The topological polar surface area (TPSA) is 63.6 Å². The Hall–Kier alpha value is -3.62. The quantitative estimate of drug-likeness (QED) is 0.504. The first-order valence-electron chi connectivity index (χ1n) is 9.09. The van der Waals surface area contributed by atoms with Crippen molar-refractivity contribution in [3.05, 3.63) is 117 Å². The molecule has 142 valence electrons. The summed E-state index contributed by atoms with van der Waals surface area (Å²) >= 11 is 5.99. The van der Waals surface area contributed by atoms with E-state index in [4.69, 9.17) is 16.9 Å². The van der Waals surface area contributed by atoms with Crippen LogP contribution in [0.2, 0.25) is 5.02 Å². The molecule has 3 aromatic heterocycles. The Balaban J connectivity index is 1.51. The first-order chi connectivity index (χ1) is 14.1. The highest BCUT2D eigenvalue weighted by Gasteiger charge is 2.06. The Morgan fingerprint density at radius 2 is 1.79 bits per heavy atom. The van der Waals surface area contributed by atoms with Crippen LogP contribution in [0.5, 0.6) is 0 Å². The molecule has 5 nitrogen and oxygen atoms in total. The zero-order valence-corrected chi connectivity index (χ0v) is 16.3. The number of hydrogen-bond donors (Lipinski definition) is 0. The van der Waals surface area contributed by atoms with Crippen LogP contribution >= 0.6 is 11.6 Å². The van der Waals surface area contributed by atoms with Gasteiger partial charge in [0.25, 0.3) is 5.56 Å². The van der Waals surface area contributed by atoms with Crippen molar-refractivity contribution in [1.82, 2.24) is 14.1 Å². The van der Waals surface area contributed by atoms with Gasteiger partial charge in [0.1, 0.15) is 5.82 Å². The van der Waals surface area contributed by atoms with E-state index >= 15 is 0 Å². The Labute approximate surface area is 173 Å². The Morgan fingerprint density at radius 1 is 1.00 bits per heavy atom. The van der Waals surface area contributed by atoms with Crippen LogP contribution in [0.3, 0.4) is 0 Å². The molecule has 0 saturated heterocycles. The number of halogens is 1. The van der Waals surface area contributed by atoms with Gasteiger partial charge in [0.15, 0.2) is 0 Å². The third kappa shape index (κ3) is 4.29. The third-order valence-corrected chi connectivity index (χ3v) is 4.90. The van der Waals surface area contributed by atoms with Crippen molar-refractivity contribution in [3.8, 4) is 11.9 Å². The van der Waals surface area contributed by atoms with Crippen molar-refractivity contribution >= 4 is 11.6 Å². The Bertz CT molecular complexity index is 1230. The molecule has 6 heteroatoms. The number of nitriles is 1. The van der Waals surface area contributed by atoms with Gasteiger partial charge in [-0.2, -0.15) is 5.26 Å². The largest absolute Gasteiger partial charge is 0.347 e. The van der Waals surface area contributed by atoms with E-state index in [1.807, 2.05) is 48.7 Å². The van der Waals surface area contributed by atoms with Crippen LogP contribution < -0.4 is 5.56 Å². The molecule has 0 unspecified atom stereocenters. The molecule has 0 aliphatic rings. The van der Waals surface area contributed by atoms with E-state index in [-0.39, 0.29) is 5.56 Å². The molecule has 0 spiro atoms. The van der Waals surface area contributed by atoms with Crippen LogP contribution in [0.1, 0.15) is 22.4 Å². The predicted octanol–water partition coefficient (Wildman–Crippen LogP) is 4.20. The zero-order chi connectivity index (χ0) is 20.2. The average Bonchev–Trinajstić information content (AvgIpc) is 3.17. The molecule has 4 rings (SSSR count). The lowest BCUT2D eigenvalue weighted by atomic mass is 10.1. The summed E-state index contributed by atoms with van der Waals surface area (Å²) in [6.07, 6.45) is 6.15. The molecular formula is C23H17ClN4O. The van der Waals surface area contributed by atoms with Crippen LogP contribution in [-0.4, -0.2) is 14.1 Å². The fourth-order valence-electron chi connectivity index (χ4n) is 3.16. The highest BCUT2D eigenvalue weighted by molar-refractivity contribution is 6.30. The molecule has 3 heterocycles. The maximum absolute atomic E-state index is 12.0. The van der Waals surface area contributed by atoms with Crippen LogP contribution in [0.15, 0.2) is 84.0 Å². The summed E-state index contributed by atoms with van der Waals surface area (Å²) in [4.78, 5) is 16.4. The standard InChI is InChI=1S/C23H17ClN4O/c24-20-8-10-23(29)28(16-20)22-9-7-19(14-26-22)15-27-11-1-2-21(27)12-17-3-5-18(13-25)6-4-17/h1-11,14,16H,12,15H2. The summed E-state index contributed by atoms with van der Waals surface area (Å²) in [6, 6.07) is 20.6. The molecule has 29 heavy (non-hydrogen) atoms. The minimum Gasteiger partial charge on any atom is -0.347 e. The molecule has 4 aromatic rings. The van der Waals surface area contributed by atoms with E-state index in [1.54, 1.807) is 18.5 Å². The summed E-state index contributed by atoms with van der Waals surface area (Å²) in [5.41, 5.74) is 3.84. The minimum atomic E-state index is -0.176. The van der Waals surface area contributed by atoms with Crippen molar-refractivity contribution in [3.63, 3.8) is 0 Å². The summed E-state index contributed by atoms with van der Waals surface area (Å²) < 4.78 is 3.60. The maximum Gasteiger partial charge on any atom is 0.256 e. The van der Waals surface area contributed by atoms with Gasteiger partial charge in [0.2, 0.25) is 0 Å². The van der Waals surface area contributed by atoms with Crippen molar-refractivity contribution in [2.24, 2.45) is 0 Å². The first-order valence-corrected chi connectivity index (χ1v) is 9.47. The number of benzene rings is 1. The van der Waals surface area contributed by atoms with Crippen LogP contribution in [0.25, 0.3) is 5.82 Å². The average molecular weight is 401 g/mol. The lowest BCUT2D eigenvalue weighted by Crippen LogP contribution is -2.17. The lowest BCUT2D eigenvalue weighted by Gasteiger charge is -2.11. The lowest BCUT2D eigenvalue weighted by molar-refractivity contribution is 0.754. The molecule has 0 amide bonds. The van der Waals surface area contributed by atoms with Crippen molar-refractivity contribution in [2.45, 2.75) is 13.0 Å². The van der Waals surface area contributed by atoms with Gasteiger partial charge in [-0.1, -0.05) is 29.8 Å². The molecular weight excluding hydrogens is 384 g/mol. The summed E-state index contributed by atoms with van der Waals surface area (Å²) in [6.45, 7) is 0.677. The van der Waals surface area contributed by atoms with Crippen molar-refractivity contribution < 1.29 is 0 Å². The smallest absolute Gasteiger partial charge is 0.256 e. The molecule has 0 radical (unpaired) electrons. The van der Waals surface area contributed by atoms with E-state index < -0.39 is 0 Å². The molecule has 0 atom stereocenters. The zero-order valence-electron chi connectivity index (χ0n) is 15.5. The third-order valence-electron chi connectivity index (χ3n) is 4.68. The number of hydrogen-bond acceptors (Lipinski definition) is 3. The van der Waals surface area contributed by atoms with Gasteiger partial charge in [-0.3, -0.25) is 9.36 Å². The van der Waals surface area contributed by atoms with E-state index in [0.29, 0.717) is 22.9 Å². The molecule has 0 aliphatic carbocycles. The molecule has 0 fully saturated rings. The molecule has 1 aromatic carbocycles. The summed E-state index contributed by atoms with van der Waals surface area (Å²) in [5, 5.41) is 9.41. The highest BCUT2D eigenvalue weighted by Crippen LogP contribution is 2.15. The maximum atomic E-state index is 12.0. The molecule has 0 N–H and O–H groups in total. The van der Waals surface area contributed by atoms with E-state index in [9.17, 15) is 4.79 Å². The fraction of sp³-hybridized carbons (Fsp3) is 0.0870.